The molecule has 1 N–H and O–H groups in total. The van der Waals surface area contributed by atoms with Gasteiger partial charge in [0.1, 0.15) is 5.76 Å². The molecule has 3 heteroatoms. The Morgan fingerprint density at radius 1 is 1.47 bits per heavy atom. The minimum atomic E-state index is 0.564. The van der Waals surface area contributed by atoms with Crippen LogP contribution in [0.5, 0.6) is 0 Å². The molecule has 0 unspecified atom stereocenters. The highest BCUT2D eigenvalue weighted by atomic mass is 16.3. The highest BCUT2D eigenvalue weighted by molar-refractivity contribution is 5.11. The van der Waals surface area contributed by atoms with Crippen molar-refractivity contribution >= 4 is 0 Å². The Morgan fingerprint density at radius 2 is 2.20 bits per heavy atom. The molecule has 0 bridgehead atoms. The van der Waals surface area contributed by atoms with Gasteiger partial charge in [0.15, 0.2) is 0 Å². The maximum atomic E-state index is 5.27. The first-order valence-electron chi connectivity index (χ1n) is 5.54. The topological polar surface area (TPSA) is 28.4 Å². The van der Waals surface area contributed by atoms with Gasteiger partial charge in [-0.3, -0.25) is 0 Å². The van der Waals surface area contributed by atoms with E-state index in [1.807, 2.05) is 13.2 Å². The zero-order valence-corrected chi connectivity index (χ0v) is 10.2. The van der Waals surface area contributed by atoms with Gasteiger partial charge in [-0.25, -0.2) is 0 Å². The third-order valence-corrected chi connectivity index (χ3v) is 2.28. The van der Waals surface area contributed by atoms with Gasteiger partial charge in [-0.2, -0.15) is 0 Å². The monoisotopic (exact) mass is 210 g/mol. The van der Waals surface area contributed by atoms with E-state index in [0.29, 0.717) is 6.04 Å². The minimum Gasteiger partial charge on any atom is -0.469 e. The Hall–Kier alpha value is -0.800. The molecule has 0 amide bonds. The average molecular weight is 210 g/mol. The smallest absolute Gasteiger partial charge is 0.101 e. The molecule has 0 aliphatic rings. The van der Waals surface area contributed by atoms with Crippen LogP contribution >= 0.6 is 0 Å². The summed E-state index contributed by atoms with van der Waals surface area (Å²) >= 11 is 0. The summed E-state index contributed by atoms with van der Waals surface area (Å²) in [5, 5.41) is 3.40. The van der Waals surface area contributed by atoms with Crippen LogP contribution in [0.15, 0.2) is 16.7 Å². The summed E-state index contributed by atoms with van der Waals surface area (Å²) in [5.74, 6) is 0.985. The second-order valence-corrected chi connectivity index (χ2v) is 4.41. The summed E-state index contributed by atoms with van der Waals surface area (Å²) in [5.41, 5.74) is 1.25. The van der Waals surface area contributed by atoms with E-state index >= 15 is 0 Å². The van der Waals surface area contributed by atoms with E-state index in [9.17, 15) is 0 Å². The van der Waals surface area contributed by atoms with E-state index in [1.54, 1.807) is 0 Å². The second-order valence-electron chi connectivity index (χ2n) is 4.41. The molecule has 0 aromatic carbocycles. The standard InChI is InChI=1S/C12H22N2O/c1-10(2)13-5-6-14(4)8-12-7-11(3)15-9-12/h7,9-10,13H,5-6,8H2,1-4H3. The minimum absolute atomic E-state index is 0.564. The number of likely N-dealkylation sites (N-methyl/N-ethyl adjacent to an activating group) is 1. The first kappa shape index (κ1) is 12.3. The molecule has 0 aliphatic carbocycles. The second kappa shape index (κ2) is 5.93. The predicted octanol–water partition coefficient (Wildman–Crippen LogP) is 2.02. The van der Waals surface area contributed by atoms with Crippen molar-refractivity contribution in [2.24, 2.45) is 0 Å². The van der Waals surface area contributed by atoms with E-state index in [-0.39, 0.29) is 0 Å². The fourth-order valence-corrected chi connectivity index (χ4v) is 1.52. The molecule has 0 spiro atoms. The number of rotatable bonds is 6. The van der Waals surface area contributed by atoms with Crippen LogP contribution in [0.1, 0.15) is 25.2 Å². The summed E-state index contributed by atoms with van der Waals surface area (Å²) in [6.45, 7) is 9.35. The van der Waals surface area contributed by atoms with Crippen LogP contribution in [0, 0.1) is 6.92 Å². The Labute approximate surface area is 92.5 Å². The van der Waals surface area contributed by atoms with E-state index in [2.05, 4.69) is 37.2 Å². The summed E-state index contributed by atoms with van der Waals surface area (Å²) in [6, 6.07) is 2.65. The Bertz CT molecular complexity index is 281. The van der Waals surface area contributed by atoms with Crippen LogP contribution in [0.2, 0.25) is 0 Å². The Morgan fingerprint density at radius 3 is 2.73 bits per heavy atom. The lowest BCUT2D eigenvalue weighted by Crippen LogP contribution is -2.32. The molecule has 86 valence electrons. The van der Waals surface area contributed by atoms with Crippen LogP contribution in [-0.4, -0.2) is 31.1 Å². The summed E-state index contributed by atoms with van der Waals surface area (Å²) in [7, 11) is 2.13. The van der Waals surface area contributed by atoms with Gasteiger partial charge >= 0.3 is 0 Å². The SMILES string of the molecule is Cc1cc(CN(C)CCNC(C)C)co1. The highest BCUT2D eigenvalue weighted by Crippen LogP contribution is 2.07. The quantitative estimate of drug-likeness (QED) is 0.778. The van der Waals surface area contributed by atoms with Gasteiger partial charge in [0.25, 0.3) is 0 Å². The molecule has 1 rings (SSSR count). The number of aryl methyl sites for hydroxylation is 1. The van der Waals surface area contributed by atoms with Gasteiger partial charge in [0.05, 0.1) is 6.26 Å². The van der Waals surface area contributed by atoms with Gasteiger partial charge in [-0.1, -0.05) is 13.8 Å². The molecule has 1 heterocycles. The van der Waals surface area contributed by atoms with Crippen molar-refractivity contribution in [1.82, 2.24) is 10.2 Å². The lowest BCUT2D eigenvalue weighted by Gasteiger charge is -2.16. The molecule has 0 atom stereocenters. The van der Waals surface area contributed by atoms with Crippen molar-refractivity contribution < 1.29 is 4.42 Å². The molecule has 15 heavy (non-hydrogen) atoms. The number of nitrogens with one attached hydrogen (secondary N) is 1. The number of hydrogen-bond donors (Lipinski definition) is 1. The molecule has 0 saturated carbocycles. The van der Waals surface area contributed by atoms with Crippen LogP contribution in [0.25, 0.3) is 0 Å². The third kappa shape index (κ3) is 5.00. The molecular formula is C12H22N2O. The number of hydrogen-bond acceptors (Lipinski definition) is 3. The molecule has 0 fully saturated rings. The van der Waals surface area contributed by atoms with Gasteiger partial charge < -0.3 is 14.6 Å². The first-order chi connectivity index (χ1) is 7.08. The zero-order valence-electron chi connectivity index (χ0n) is 10.2. The molecule has 0 radical (unpaired) electrons. The van der Waals surface area contributed by atoms with Crippen molar-refractivity contribution in [1.29, 1.82) is 0 Å². The van der Waals surface area contributed by atoms with E-state index in [1.165, 1.54) is 5.56 Å². The van der Waals surface area contributed by atoms with Crippen molar-refractivity contribution in [2.75, 3.05) is 20.1 Å². The van der Waals surface area contributed by atoms with Crippen LogP contribution in [0.3, 0.4) is 0 Å². The molecule has 0 saturated heterocycles. The molecule has 3 nitrogen and oxygen atoms in total. The van der Waals surface area contributed by atoms with Gasteiger partial charge in [0.2, 0.25) is 0 Å². The molecule has 1 aromatic heterocycles. The van der Waals surface area contributed by atoms with Crippen LogP contribution in [0.4, 0.5) is 0 Å². The normalized spacial score (nSPS) is 11.6. The van der Waals surface area contributed by atoms with Gasteiger partial charge in [-0.05, 0) is 20.0 Å². The predicted molar refractivity (Wildman–Crippen MR) is 62.9 cm³/mol. The van der Waals surface area contributed by atoms with Crippen LogP contribution in [-0.2, 0) is 6.54 Å². The molecular weight excluding hydrogens is 188 g/mol. The van der Waals surface area contributed by atoms with Crippen molar-refractivity contribution in [3.63, 3.8) is 0 Å². The van der Waals surface area contributed by atoms with E-state index < -0.39 is 0 Å². The van der Waals surface area contributed by atoms with E-state index in [4.69, 9.17) is 4.42 Å². The highest BCUT2D eigenvalue weighted by Gasteiger charge is 2.02. The Kier molecular flexibility index (Phi) is 4.85. The van der Waals surface area contributed by atoms with Crippen LogP contribution < -0.4 is 5.32 Å². The number of nitrogens with zero attached hydrogens (tertiary/aromatic N) is 1. The van der Waals surface area contributed by atoms with Crippen molar-refractivity contribution in [2.45, 2.75) is 33.4 Å². The van der Waals surface area contributed by atoms with Crippen molar-refractivity contribution in [3.05, 3.63) is 23.7 Å². The summed E-state index contributed by atoms with van der Waals surface area (Å²) in [4.78, 5) is 2.29. The molecule has 0 aliphatic heterocycles. The van der Waals surface area contributed by atoms with Gasteiger partial charge in [-0.15, -0.1) is 0 Å². The lowest BCUT2D eigenvalue weighted by molar-refractivity contribution is 0.319. The Balaban J connectivity index is 2.21. The largest absolute Gasteiger partial charge is 0.469 e. The summed E-state index contributed by atoms with van der Waals surface area (Å²) in [6.07, 6.45) is 1.84. The van der Waals surface area contributed by atoms with Crippen molar-refractivity contribution in [3.8, 4) is 0 Å². The van der Waals surface area contributed by atoms with E-state index in [0.717, 1.165) is 25.4 Å². The third-order valence-electron chi connectivity index (χ3n) is 2.28. The number of furan rings is 1. The summed E-state index contributed by atoms with van der Waals surface area (Å²) < 4.78 is 5.27. The average Bonchev–Trinajstić information content (AvgIpc) is 2.50. The van der Waals surface area contributed by atoms with Gasteiger partial charge in [0, 0.05) is 31.2 Å². The first-order valence-corrected chi connectivity index (χ1v) is 5.54. The molecule has 1 aromatic rings. The fraction of sp³-hybridized carbons (Fsp3) is 0.667. The zero-order chi connectivity index (χ0) is 11.3. The maximum absolute atomic E-state index is 5.27. The lowest BCUT2D eigenvalue weighted by atomic mass is 10.3. The maximum Gasteiger partial charge on any atom is 0.101 e. The fourth-order valence-electron chi connectivity index (χ4n) is 1.52.